The van der Waals surface area contributed by atoms with Gasteiger partial charge >= 0.3 is 12.1 Å². The fourth-order valence-electron chi connectivity index (χ4n) is 3.44. The Morgan fingerprint density at radius 2 is 2.06 bits per heavy atom. The van der Waals surface area contributed by atoms with Gasteiger partial charge in [-0.1, -0.05) is 6.08 Å². The molecule has 2 aliphatic rings. The second-order valence-corrected chi connectivity index (χ2v) is 7.33. The highest BCUT2D eigenvalue weighted by atomic mass is 19.1. The fourth-order valence-corrected chi connectivity index (χ4v) is 3.44. The second-order valence-electron chi connectivity index (χ2n) is 7.33. The average molecular weight is 433 g/mol. The fraction of sp³-hybridized carbons (Fsp3) is 0.429. The highest BCUT2D eigenvalue weighted by Gasteiger charge is 2.33. The Kier molecular flexibility index (Phi) is 6.88. The molecule has 1 atom stereocenters. The molecule has 2 aliphatic heterocycles. The third kappa shape index (κ3) is 5.59. The Morgan fingerprint density at radius 1 is 1.29 bits per heavy atom. The Morgan fingerprint density at radius 3 is 2.74 bits per heavy atom. The summed E-state index contributed by atoms with van der Waals surface area (Å²) in [6.45, 7) is 3.28. The molecule has 0 saturated carbocycles. The molecule has 1 N–H and O–H groups in total. The van der Waals surface area contributed by atoms with E-state index >= 15 is 0 Å². The number of halogens is 1. The number of nitrogens with zero attached hydrogens (tertiary/aromatic N) is 2. The van der Waals surface area contributed by atoms with E-state index in [4.69, 9.17) is 9.47 Å². The third-order valence-corrected chi connectivity index (χ3v) is 4.97. The third-order valence-electron chi connectivity index (χ3n) is 4.97. The number of esters is 1. The van der Waals surface area contributed by atoms with Crippen LogP contribution in [0.2, 0.25) is 0 Å². The van der Waals surface area contributed by atoms with Crippen LogP contribution in [0.5, 0.6) is 0 Å². The number of nitrogens with one attached hydrogen (secondary N) is 1. The number of hydrogen-bond donors (Lipinski definition) is 1. The first-order valence-corrected chi connectivity index (χ1v) is 9.87. The van der Waals surface area contributed by atoms with Crippen molar-refractivity contribution in [2.75, 3.05) is 37.7 Å². The summed E-state index contributed by atoms with van der Waals surface area (Å²) in [4.78, 5) is 49.1. The van der Waals surface area contributed by atoms with Gasteiger partial charge in [-0.25, -0.2) is 9.18 Å². The van der Waals surface area contributed by atoms with Crippen molar-refractivity contribution in [2.24, 2.45) is 0 Å². The van der Waals surface area contributed by atoms with Gasteiger partial charge in [-0.3, -0.25) is 19.3 Å². The van der Waals surface area contributed by atoms with Gasteiger partial charge in [0.1, 0.15) is 11.9 Å². The lowest BCUT2D eigenvalue weighted by Gasteiger charge is -2.28. The van der Waals surface area contributed by atoms with E-state index in [0.717, 1.165) is 0 Å². The molecule has 1 saturated heterocycles. The summed E-state index contributed by atoms with van der Waals surface area (Å²) >= 11 is 0. The number of benzene rings is 1. The van der Waals surface area contributed by atoms with Gasteiger partial charge in [0.25, 0.3) is 5.91 Å². The first-order valence-electron chi connectivity index (χ1n) is 9.87. The van der Waals surface area contributed by atoms with Crippen LogP contribution in [-0.2, 0) is 23.9 Å². The van der Waals surface area contributed by atoms with Crippen molar-refractivity contribution in [1.29, 1.82) is 0 Å². The normalized spacial score (nSPS) is 18.4. The number of cyclic esters (lactones) is 1. The molecule has 3 amide bonds. The predicted octanol–water partition coefficient (Wildman–Crippen LogP) is 1.47. The molecule has 2 heterocycles. The van der Waals surface area contributed by atoms with Crippen LogP contribution in [0.4, 0.5) is 14.9 Å². The topological polar surface area (TPSA) is 105 Å². The molecule has 166 valence electrons. The molecule has 10 heteroatoms. The highest BCUT2D eigenvalue weighted by molar-refractivity contribution is 5.90. The minimum atomic E-state index is -0.610. The summed E-state index contributed by atoms with van der Waals surface area (Å²) in [7, 11) is 0. The molecule has 0 radical (unpaired) electrons. The van der Waals surface area contributed by atoms with Gasteiger partial charge in [0.05, 0.1) is 18.8 Å². The molecule has 9 nitrogen and oxygen atoms in total. The van der Waals surface area contributed by atoms with Crippen molar-refractivity contribution in [3.8, 4) is 0 Å². The minimum absolute atomic E-state index is 0.183. The van der Waals surface area contributed by atoms with Crippen molar-refractivity contribution >= 4 is 35.1 Å². The lowest BCUT2D eigenvalue weighted by atomic mass is 10.00. The van der Waals surface area contributed by atoms with Crippen LogP contribution >= 0.6 is 0 Å². The Labute approximate surface area is 178 Å². The van der Waals surface area contributed by atoms with Gasteiger partial charge in [-0.2, -0.15) is 0 Å². The smallest absolute Gasteiger partial charge is 0.414 e. The van der Waals surface area contributed by atoms with Crippen LogP contribution in [-0.4, -0.2) is 67.7 Å². The van der Waals surface area contributed by atoms with E-state index in [0.29, 0.717) is 29.8 Å². The standard InChI is InChI=1S/C21H24FN3O6/c1-13(26)23-9-17-11-25(21(29)31-17)16-5-6-18(19(22)8-16)15-4-3-7-24(10-15)20(28)12-30-14(2)27/h4-6,8,17H,3,7,9-12H2,1-2H3,(H,23,26)/t17-/m0/s1. The Hall–Kier alpha value is -3.43. The molecule has 0 aliphatic carbocycles. The van der Waals surface area contributed by atoms with Crippen molar-refractivity contribution in [2.45, 2.75) is 26.4 Å². The summed E-state index contributed by atoms with van der Waals surface area (Å²) in [5.41, 5.74) is 1.31. The van der Waals surface area contributed by atoms with Crippen LogP contribution in [0, 0.1) is 5.82 Å². The number of rotatable bonds is 6. The molecule has 31 heavy (non-hydrogen) atoms. The zero-order chi connectivity index (χ0) is 22.5. The molecule has 3 rings (SSSR count). The molecule has 1 aromatic carbocycles. The van der Waals surface area contributed by atoms with Gasteiger partial charge < -0.3 is 19.7 Å². The summed E-state index contributed by atoms with van der Waals surface area (Å²) in [5.74, 6) is -1.65. The van der Waals surface area contributed by atoms with Gasteiger partial charge in [-0.15, -0.1) is 0 Å². The maximum absolute atomic E-state index is 14.9. The highest BCUT2D eigenvalue weighted by Crippen LogP contribution is 2.29. The van der Waals surface area contributed by atoms with Crippen molar-refractivity contribution in [3.63, 3.8) is 0 Å². The monoisotopic (exact) mass is 433 g/mol. The lowest BCUT2D eigenvalue weighted by molar-refractivity contribution is -0.150. The number of carbonyl (C=O) groups is 4. The quantitative estimate of drug-likeness (QED) is 0.681. The van der Waals surface area contributed by atoms with Crippen LogP contribution in [0.15, 0.2) is 24.3 Å². The molecular formula is C21H24FN3O6. The van der Waals surface area contributed by atoms with Crippen LogP contribution in [0.25, 0.3) is 5.57 Å². The van der Waals surface area contributed by atoms with E-state index in [1.165, 1.54) is 29.7 Å². The predicted molar refractivity (Wildman–Crippen MR) is 109 cm³/mol. The van der Waals surface area contributed by atoms with E-state index in [2.05, 4.69) is 5.32 Å². The number of ether oxygens (including phenoxy) is 2. The molecule has 1 fully saturated rings. The first kappa shape index (κ1) is 22.3. The van der Waals surface area contributed by atoms with Crippen molar-refractivity contribution < 1.29 is 33.0 Å². The molecule has 0 bridgehead atoms. The van der Waals surface area contributed by atoms with Crippen LogP contribution in [0.1, 0.15) is 25.8 Å². The molecule has 0 unspecified atom stereocenters. The summed E-state index contributed by atoms with van der Waals surface area (Å²) in [6, 6.07) is 4.42. The van der Waals surface area contributed by atoms with E-state index in [1.54, 1.807) is 12.1 Å². The first-order chi connectivity index (χ1) is 14.7. The van der Waals surface area contributed by atoms with Crippen molar-refractivity contribution in [1.82, 2.24) is 10.2 Å². The molecule has 1 aromatic rings. The molecule has 0 spiro atoms. The SMILES string of the molecule is CC(=O)NC[C@H]1CN(c2ccc(C3=CCCN(C(=O)COC(C)=O)C3)c(F)c2)C(=O)O1. The maximum Gasteiger partial charge on any atom is 0.414 e. The Bertz CT molecular complexity index is 932. The van der Waals surface area contributed by atoms with E-state index in [1.807, 2.05) is 6.08 Å². The zero-order valence-corrected chi connectivity index (χ0v) is 17.4. The zero-order valence-electron chi connectivity index (χ0n) is 17.4. The summed E-state index contributed by atoms with van der Waals surface area (Å²) in [6.07, 6.45) is 1.28. The van der Waals surface area contributed by atoms with Gasteiger partial charge in [0.2, 0.25) is 5.91 Å². The minimum Gasteiger partial charge on any atom is -0.456 e. The van der Waals surface area contributed by atoms with E-state index in [9.17, 15) is 23.6 Å². The number of hydrogen-bond acceptors (Lipinski definition) is 6. The number of anilines is 1. The average Bonchev–Trinajstić information content (AvgIpc) is 3.11. The van der Waals surface area contributed by atoms with Gasteiger partial charge in [0.15, 0.2) is 6.61 Å². The number of amides is 3. The molecular weight excluding hydrogens is 409 g/mol. The van der Waals surface area contributed by atoms with E-state index in [-0.39, 0.29) is 38.1 Å². The largest absolute Gasteiger partial charge is 0.456 e. The van der Waals surface area contributed by atoms with Gasteiger partial charge in [0, 0.05) is 32.5 Å². The van der Waals surface area contributed by atoms with Crippen molar-refractivity contribution in [3.05, 3.63) is 35.7 Å². The second kappa shape index (κ2) is 9.59. The Balaban J connectivity index is 1.67. The van der Waals surface area contributed by atoms with Crippen LogP contribution < -0.4 is 10.2 Å². The summed E-state index contributed by atoms with van der Waals surface area (Å²) in [5, 5.41) is 2.59. The molecule has 0 aromatic heterocycles. The lowest BCUT2D eigenvalue weighted by Crippen LogP contribution is -2.38. The van der Waals surface area contributed by atoms with E-state index < -0.39 is 24.0 Å². The summed E-state index contributed by atoms with van der Waals surface area (Å²) < 4.78 is 24.8. The number of carbonyl (C=O) groups excluding carboxylic acids is 4. The van der Waals surface area contributed by atoms with Gasteiger partial charge in [-0.05, 0) is 30.2 Å². The maximum atomic E-state index is 14.9. The van der Waals surface area contributed by atoms with Crippen LogP contribution in [0.3, 0.4) is 0 Å².